The van der Waals surface area contributed by atoms with E-state index < -0.39 is 33.1 Å². The Balaban J connectivity index is 2.72. The molecule has 1 aromatic rings. The Labute approximate surface area is 123 Å². The van der Waals surface area contributed by atoms with Crippen LogP contribution in [-0.4, -0.2) is 36.8 Å². The van der Waals surface area contributed by atoms with Crippen LogP contribution in [0.3, 0.4) is 0 Å². The minimum atomic E-state index is -3.66. The lowest BCUT2D eigenvalue weighted by Gasteiger charge is -2.19. The zero-order valence-electron chi connectivity index (χ0n) is 12.1. The van der Waals surface area contributed by atoms with Crippen molar-refractivity contribution in [1.82, 2.24) is 0 Å². The molecule has 1 aromatic carbocycles. The van der Waals surface area contributed by atoms with Gasteiger partial charge < -0.3 is 9.84 Å². The highest BCUT2D eigenvalue weighted by molar-refractivity contribution is 7.91. The number of carbonyl (C=O) groups is 2. The zero-order chi connectivity index (χ0) is 16.3. The van der Waals surface area contributed by atoms with E-state index in [9.17, 15) is 18.0 Å². The Bertz CT molecular complexity index is 622. The Morgan fingerprint density at radius 2 is 1.67 bits per heavy atom. The normalized spacial score (nSPS) is 12.0. The monoisotopic (exact) mass is 314 g/mol. The number of sulfone groups is 1. The Kier molecular flexibility index (Phi) is 5.11. The third-order valence-electron chi connectivity index (χ3n) is 2.35. The summed E-state index contributed by atoms with van der Waals surface area (Å²) >= 11 is 0. The van der Waals surface area contributed by atoms with Gasteiger partial charge in [-0.1, -0.05) is 12.1 Å². The van der Waals surface area contributed by atoms with Crippen molar-refractivity contribution in [3.8, 4) is 0 Å². The first-order valence-corrected chi connectivity index (χ1v) is 8.05. The van der Waals surface area contributed by atoms with Crippen molar-refractivity contribution in [3.05, 3.63) is 35.4 Å². The number of hydrogen-bond donors (Lipinski definition) is 1. The summed E-state index contributed by atoms with van der Waals surface area (Å²) < 4.78 is 28.8. The van der Waals surface area contributed by atoms with Crippen LogP contribution in [0.1, 0.15) is 36.7 Å². The van der Waals surface area contributed by atoms with E-state index >= 15 is 0 Å². The highest BCUT2D eigenvalue weighted by atomic mass is 32.2. The van der Waals surface area contributed by atoms with Crippen LogP contribution in [-0.2, 0) is 25.1 Å². The molecule has 0 bridgehead atoms. The van der Waals surface area contributed by atoms with Gasteiger partial charge in [0.05, 0.1) is 11.3 Å². The molecule has 0 aliphatic rings. The average molecular weight is 314 g/mol. The predicted molar refractivity (Wildman–Crippen MR) is 76.7 cm³/mol. The van der Waals surface area contributed by atoms with Crippen molar-refractivity contribution in [2.24, 2.45) is 0 Å². The van der Waals surface area contributed by atoms with Crippen LogP contribution in [0.4, 0.5) is 0 Å². The van der Waals surface area contributed by atoms with Gasteiger partial charge in [-0.3, -0.25) is 4.79 Å². The van der Waals surface area contributed by atoms with E-state index in [1.54, 1.807) is 20.8 Å². The van der Waals surface area contributed by atoms with Crippen LogP contribution in [0.15, 0.2) is 24.3 Å². The van der Waals surface area contributed by atoms with E-state index in [0.717, 1.165) is 0 Å². The van der Waals surface area contributed by atoms with Gasteiger partial charge in [0, 0.05) is 0 Å². The van der Waals surface area contributed by atoms with Gasteiger partial charge in [-0.05, 0) is 38.5 Å². The van der Waals surface area contributed by atoms with E-state index in [1.165, 1.54) is 24.3 Å². The van der Waals surface area contributed by atoms with Gasteiger partial charge in [0.2, 0.25) is 0 Å². The van der Waals surface area contributed by atoms with Gasteiger partial charge in [-0.2, -0.15) is 0 Å². The Morgan fingerprint density at radius 1 is 1.14 bits per heavy atom. The molecule has 0 aliphatic carbocycles. The molecule has 1 N–H and O–H groups in total. The van der Waals surface area contributed by atoms with Gasteiger partial charge in [-0.25, -0.2) is 13.2 Å². The smallest absolute Gasteiger partial charge is 0.335 e. The van der Waals surface area contributed by atoms with Crippen LogP contribution in [0.2, 0.25) is 0 Å². The third kappa shape index (κ3) is 6.40. The molecule has 0 heterocycles. The molecule has 1 rings (SSSR count). The van der Waals surface area contributed by atoms with Gasteiger partial charge >= 0.3 is 11.9 Å². The summed E-state index contributed by atoms with van der Waals surface area (Å²) in [6.45, 7) is 4.96. The molecule has 0 atom stereocenters. The number of ether oxygens (including phenoxy) is 1. The van der Waals surface area contributed by atoms with Crippen molar-refractivity contribution in [3.63, 3.8) is 0 Å². The number of benzene rings is 1. The Morgan fingerprint density at radius 3 is 2.10 bits per heavy atom. The summed E-state index contributed by atoms with van der Waals surface area (Å²) in [5, 5.41) is 8.76. The Hall–Kier alpha value is -1.89. The average Bonchev–Trinajstić information content (AvgIpc) is 2.24. The highest BCUT2D eigenvalue weighted by Gasteiger charge is 2.23. The summed E-state index contributed by atoms with van der Waals surface area (Å²) in [6, 6.07) is 5.47. The fourth-order valence-electron chi connectivity index (χ4n) is 1.60. The van der Waals surface area contributed by atoms with E-state index in [1.807, 2.05) is 0 Å². The second kappa shape index (κ2) is 6.26. The topological polar surface area (TPSA) is 97.7 Å². The van der Waals surface area contributed by atoms with Crippen molar-refractivity contribution in [2.45, 2.75) is 32.1 Å². The fourth-order valence-corrected chi connectivity index (χ4v) is 2.82. The van der Waals surface area contributed by atoms with Crippen molar-refractivity contribution in [1.29, 1.82) is 0 Å². The molecule has 0 aliphatic heterocycles. The van der Waals surface area contributed by atoms with E-state index in [0.29, 0.717) is 5.56 Å². The molecule has 7 heteroatoms. The lowest BCUT2D eigenvalue weighted by molar-refractivity contribution is -0.151. The number of hydrogen-bond acceptors (Lipinski definition) is 5. The van der Waals surface area contributed by atoms with E-state index in [2.05, 4.69) is 0 Å². The van der Waals surface area contributed by atoms with E-state index in [4.69, 9.17) is 9.84 Å². The molecule has 116 valence electrons. The largest absolute Gasteiger partial charge is 0.478 e. The van der Waals surface area contributed by atoms with Crippen LogP contribution in [0.5, 0.6) is 0 Å². The zero-order valence-corrected chi connectivity index (χ0v) is 12.9. The molecular formula is C14H18O6S. The molecule has 0 spiro atoms. The number of esters is 1. The van der Waals surface area contributed by atoms with Crippen LogP contribution >= 0.6 is 0 Å². The lowest BCUT2D eigenvalue weighted by Crippen LogP contribution is -2.29. The van der Waals surface area contributed by atoms with Crippen molar-refractivity contribution < 1.29 is 27.9 Å². The quantitative estimate of drug-likeness (QED) is 0.830. The maximum Gasteiger partial charge on any atom is 0.335 e. The number of carbonyl (C=O) groups excluding carboxylic acids is 1. The van der Waals surface area contributed by atoms with Crippen LogP contribution in [0.25, 0.3) is 0 Å². The minimum absolute atomic E-state index is 0.0725. The maximum absolute atomic E-state index is 11.9. The predicted octanol–water partition coefficient (Wildman–Crippen LogP) is 1.64. The fraction of sp³-hybridized carbons (Fsp3) is 0.429. The molecule has 0 aromatic heterocycles. The first-order valence-electron chi connectivity index (χ1n) is 6.23. The first kappa shape index (κ1) is 17.2. The lowest BCUT2D eigenvalue weighted by atomic mass is 10.1. The number of carboxylic acids is 1. The van der Waals surface area contributed by atoms with Crippen LogP contribution in [0, 0.1) is 0 Å². The van der Waals surface area contributed by atoms with Gasteiger partial charge in [0.25, 0.3) is 0 Å². The second-order valence-electron chi connectivity index (χ2n) is 5.62. The molecule has 0 fully saturated rings. The van der Waals surface area contributed by atoms with Crippen molar-refractivity contribution in [2.75, 3.05) is 5.75 Å². The molecule has 0 saturated carbocycles. The number of rotatable bonds is 5. The summed E-state index contributed by atoms with van der Waals surface area (Å²) in [5.74, 6) is -2.93. The molecule has 0 saturated heterocycles. The molecular weight excluding hydrogens is 296 g/mol. The molecule has 21 heavy (non-hydrogen) atoms. The first-order chi connectivity index (χ1) is 9.48. The highest BCUT2D eigenvalue weighted by Crippen LogP contribution is 2.12. The second-order valence-corrected chi connectivity index (χ2v) is 7.69. The number of aromatic carboxylic acids is 1. The SMILES string of the molecule is CC(C)(C)OC(=O)CS(=O)(=O)Cc1ccc(C(=O)O)cc1. The molecule has 0 amide bonds. The minimum Gasteiger partial charge on any atom is -0.478 e. The summed E-state index contributed by atoms with van der Waals surface area (Å²) in [4.78, 5) is 22.2. The van der Waals surface area contributed by atoms with Crippen molar-refractivity contribution >= 4 is 21.8 Å². The van der Waals surface area contributed by atoms with Gasteiger partial charge in [0.1, 0.15) is 11.4 Å². The number of carboxylic acid groups (broad SMARTS) is 1. The molecule has 6 nitrogen and oxygen atoms in total. The molecule has 0 radical (unpaired) electrons. The van der Waals surface area contributed by atoms with Gasteiger partial charge in [0.15, 0.2) is 9.84 Å². The third-order valence-corrected chi connectivity index (χ3v) is 3.79. The summed E-state index contributed by atoms with van der Waals surface area (Å²) in [7, 11) is -3.66. The van der Waals surface area contributed by atoms with E-state index in [-0.39, 0.29) is 11.3 Å². The maximum atomic E-state index is 11.9. The standard InChI is InChI=1S/C14H18O6S/c1-14(2,3)20-12(15)9-21(18,19)8-10-4-6-11(7-5-10)13(16)17/h4-7H,8-9H2,1-3H3,(H,16,17). The molecule has 0 unspecified atom stereocenters. The summed E-state index contributed by atoms with van der Waals surface area (Å²) in [5.41, 5.74) is -0.248. The summed E-state index contributed by atoms with van der Waals surface area (Å²) in [6.07, 6.45) is 0. The van der Waals surface area contributed by atoms with Crippen LogP contribution < -0.4 is 0 Å². The van der Waals surface area contributed by atoms with Gasteiger partial charge in [-0.15, -0.1) is 0 Å².